The molecule has 0 atom stereocenters. The molecule has 10 nitrogen and oxygen atoms in total. The summed E-state index contributed by atoms with van der Waals surface area (Å²) >= 11 is 0. The lowest BCUT2D eigenvalue weighted by atomic mass is 10.0. The van der Waals surface area contributed by atoms with Gasteiger partial charge in [-0.2, -0.15) is 0 Å². The fraction of sp³-hybridized carbons (Fsp3) is 0.387. The molecule has 2 aliphatic heterocycles. The SMILES string of the molecule is CC(C)n1c(=O)c(-c2cccc(C(=O)O)c2)cn(CC(=O)N2CCC(N3CCc4ccccc4CC3=O)CC2)c1=O. The van der Waals surface area contributed by atoms with Crippen molar-refractivity contribution in [3.05, 3.63) is 92.3 Å². The second-order valence-electron chi connectivity index (χ2n) is 11.0. The van der Waals surface area contributed by atoms with Crippen molar-refractivity contribution in [1.82, 2.24) is 18.9 Å². The van der Waals surface area contributed by atoms with Gasteiger partial charge in [-0.05, 0) is 61.9 Å². The number of carboxylic acids is 1. The number of amides is 2. The minimum atomic E-state index is -1.13. The van der Waals surface area contributed by atoms with Gasteiger partial charge < -0.3 is 14.9 Å². The first kappa shape index (κ1) is 28.1. The summed E-state index contributed by atoms with van der Waals surface area (Å²) < 4.78 is 2.32. The summed E-state index contributed by atoms with van der Waals surface area (Å²) in [5, 5.41) is 9.39. The summed E-state index contributed by atoms with van der Waals surface area (Å²) in [5.41, 5.74) is 1.67. The van der Waals surface area contributed by atoms with E-state index in [4.69, 9.17) is 0 Å². The number of hydrogen-bond donors (Lipinski definition) is 1. The van der Waals surface area contributed by atoms with E-state index >= 15 is 0 Å². The summed E-state index contributed by atoms with van der Waals surface area (Å²) in [7, 11) is 0. The lowest BCUT2D eigenvalue weighted by molar-refractivity contribution is -0.136. The summed E-state index contributed by atoms with van der Waals surface area (Å²) in [6.45, 7) is 4.75. The molecule has 10 heteroatoms. The summed E-state index contributed by atoms with van der Waals surface area (Å²) in [6, 6.07) is 13.6. The van der Waals surface area contributed by atoms with E-state index in [1.54, 1.807) is 24.8 Å². The first-order valence-electron chi connectivity index (χ1n) is 14.0. The molecule has 41 heavy (non-hydrogen) atoms. The summed E-state index contributed by atoms with van der Waals surface area (Å²) in [5.74, 6) is -1.27. The fourth-order valence-electron chi connectivity index (χ4n) is 5.87. The molecule has 2 aliphatic rings. The van der Waals surface area contributed by atoms with Crippen LogP contribution in [-0.4, -0.2) is 67.5 Å². The fourth-order valence-corrected chi connectivity index (χ4v) is 5.87. The molecule has 3 heterocycles. The second kappa shape index (κ2) is 11.6. The number of rotatable bonds is 6. The van der Waals surface area contributed by atoms with E-state index in [1.165, 1.54) is 34.5 Å². The van der Waals surface area contributed by atoms with Crippen LogP contribution < -0.4 is 11.2 Å². The van der Waals surface area contributed by atoms with Gasteiger partial charge in [-0.1, -0.05) is 36.4 Å². The highest BCUT2D eigenvalue weighted by atomic mass is 16.4. The van der Waals surface area contributed by atoms with Crippen LogP contribution in [0.15, 0.2) is 64.3 Å². The zero-order valence-corrected chi connectivity index (χ0v) is 23.3. The van der Waals surface area contributed by atoms with Crippen molar-refractivity contribution in [2.45, 2.75) is 58.2 Å². The number of hydrogen-bond acceptors (Lipinski definition) is 5. The first-order chi connectivity index (χ1) is 19.6. The van der Waals surface area contributed by atoms with Crippen molar-refractivity contribution >= 4 is 17.8 Å². The number of benzene rings is 2. The average molecular weight is 559 g/mol. The van der Waals surface area contributed by atoms with Crippen LogP contribution in [0, 0.1) is 0 Å². The Morgan fingerprint density at radius 2 is 1.66 bits per heavy atom. The monoisotopic (exact) mass is 558 g/mol. The Balaban J connectivity index is 1.32. The zero-order chi connectivity index (χ0) is 29.3. The van der Waals surface area contributed by atoms with Crippen LogP contribution in [0.2, 0.25) is 0 Å². The van der Waals surface area contributed by atoms with Gasteiger partial charge in [0.25, 0.3) is 5.56 Å². The highest BCUT2D eigenvalue weighted by Crippen LogP contribution is 2.23. The number of carbonyl (C=O) groups excluding carboxylic acids is 2. The van der Waals surface area contributed by atoms with Gasteiger partial charge in [0.2, 0.25) is 11.8 Å². The molecule has 5 rings (SSSR count). The molecule has 3 aromatic rings. The highest BCUT2D eigenvalue weighted by Gasteiger charge is 2.31. The molecule has 0 bridgehead atoms. The Kier molecular flexibility index (Phi) is 7.92. The quantitative estimate of drug-likeness (QED) is 0.496. The number of carbonyl (C=O) groups is 3. The third-order valence-electron chi connectivity index (χ3n) is 8.09. The maximum absolute atomic E-state index is 13.3. The molecular weight excluding hydrogens is 524 g/mol. The third kappa shape index (κ3) is 5.73. The molecule has 2 amide bonds. The zero-order valence-electron chi connectivity index (χ0n) is 23.3. The highest BCUT2D eigenvalue weighted by molar-refractivity contribution is 5.89. The third-order valence-corrected chi connectivity index (χ3v) is 8.09. The number of fused-ring (bicyclic) bond motifs is 1. The number of likely N-dealkylation sites (tertiary alicyclic amines) is 1. The molecule has 0 unspecified atom stereocenters. The van der Waals surface area contributed by atoms with Crippen LogP contribution in [0.3, 0.4) is 0 Å². The van der Waals surface area contributed by atoms with Gasteiger partial charge >= 0.3 is 11.7 Å². The standard InChI is InChI=1S/C31H34N4O6/c1-20(2)35-29(38)26(23-8-5-9-24(16-23)30(39)40)18-33(31(35)41)19-28(37)32-13-11-25(12-14-32)34-15-10-21-6-3-4-7-22(21)17-27(34)36/h3-9,16,18,20,25H,10-15,17,19H2,1-2H3,(H,39,40). The van der Waals surface area contributed by atoms with Crippen LogP contribution in [0.25, 0.3) is 11.1 Å². The number of aromatic nitrogens is 2. The van der Waals surface area contributed by atoms with E-state index in [1.807, 2.05) is 23.1 Å². The molecule has 1 saturated heterocycles. The van der Waals surface area contributed by atoms with E-state index in [0.29, 0.717) is 44.5 Å². The maximum atomic E-state index is 13.3. The molecule has 0 radical (unpaired) electrons. The van der Waals surface area contributed by atoms with Crippen LogP contribution >= 0.6 is 0 Å². The van der Waals surface area contributed by atoms with E-state index in [2.05, 4.69) is 6.07 Å². The molecule has 214 valence electrons. The molecule has 0 spiro atoms. The lowest BCUT2D eigenvalue weighted by Gasteiger charge is -2.38. The van der Waals surface area contributed by atoms with Gasteiger partial charge in [0.05, 0.1) is 17.5 Å². The molecule has 1 aromatic heterocycles. The second-order valence-corrected chi connectivity index (χ2v) is 11.0. The maximum Gasteiger partial charge on any atom is 0.335 e. The summed E-state index contributed by atoms with van der Waals surface area (Å²) in [6.07, 6.45) is 3.86. The molecule has 1 fully saturated rings. The van der Waals surface area contributed by atoms with Gasteiger partial charge in [0.1, 0.15) is 6.54 Å². The predicted molar refractivity (Wildman–Crippen MR) is 153 cm³/mol. The van der Waals surface area contributed by atoms with Crippen LogP contribution in [0.4, 0.5) is 0 Å². The first-order valence-corrected chi connectivity index (χ1v) is 14.0. The Labute approximate surface area is 237 Å². The smallest absolute Gasteiger partial charge is 0.335 e. The Hall–Kier alpha value is -4.47. The minimum Gasteiger partial charge on any atom is -0.478 e. The summed E-state index contributed by atoms with van der Waals surface area (Å²) in [4.78, 5) is 68.0. The Morgan fingerprint density at radius 3 is 2.34 bits per heavy atom. The van der Waals surface area contributed by atoms with Crippen molar-refractivity contribution in [1.29, 1.82) is 0 Å². The largest absolute Gasteiger partial charge is 0.478 e. The molecule has 2 aromatic carbocycles. The van der Waals surface area contributed by atoms with Crippen LogP contribution in [0.1, 0.15) is 54.2 Å². The Morgan fingerprint density at radius 1 is 0.951 bits per heavy atom. The number of carboxylic acid groups (broad SMARTS) is 1. The van der Waals surface area contributed by atoms with E-state index in [-0.39, 0.29) is 35.5 Å². The van der Waals surface area contributed by atoms with Gasteiger partial charge in [0.15, 0.2) is 0 Å². The molecule has 0 aliphatic carbocycles. The van der Waals surface area contributed by atoms with E-state index < -0.39 is 23.3 Å². The topological polar surface area (TPSA) is 122 Å². The van der Waals surface area contributed by atoms with Crippen molar-refractivity contribution < 1.29 is 19.5 Å². The van der Waals surface area contributed by atoms with Crippen LogP contribution in [-0.2, 0) is 29.0 Å². The molecule has 1 N–H and O–H groups in total. The molecular formula is C31H34N4O6. The van der Waals surface area contributed by atoms with Crippen molar-refractivity contribution in [3.63, 3.8) is 0 Å². The van der Waals surface area contributed by atoms with Gasteiger partial charge in [0, 0.05) is 37.9 Å². The van der Waals surface area contributed by atoms with E-state index in [0.717, 1.165) is 16.6 Å². The number of aromatic carboxylic acids is 1. The normalized spacial score (nSPS) is 16.0. The van der Waals surface area contributed by atoms with Crippen molar-refractivity contribution in [2.75, 3.05) is 19.6 Å². The van der Waals surface area contributed by atoms with Crippen molar-refractivity contribution in [3.8, 4) is 11.1 Å². The number of piperidine rings is 1. The molecule has 0 saturated carbocycles. The Bertz CT molecular complexity index is 1610. The van der Waals surface area contributed by atoms with Gasteiger partial charge in [-0.3, -0.25) is 23.5 Å². The lowest BCUT2D eigenvalue weighted by Crippen LogP contribution is -2.50. The number of nitrogens with zero attached hydrogens (tertiary/aromatic N) is 4. The van der Waals surface area contributed by atoms with Crippen LogP contribution in [0.5, 0.6) is 0 Å². The van der Waals surface area contributed by atoms with Gasteiger partial charge in [-0.25, -0.2) is 9.59 Å². The van der Waals surface area contributed by atoms with Gasteiger partial charge in [-0.15, -0.1) is 0 Å². The predicted octanol–water partition coefficient (Wildman–Crippen LogP) is 2.57. The average Bonchev–Trinajstić information content (AvgIpc) is 3.12. The van der Waals surface area contributed by atoms with Crippen molar-refractivity contribution in [2.24, 2.45) is 0 Å². The van der Waals surface area contributed by atoms with E-state index in [9.17, 15) is 29.1 Å². The minimum absolute atomic E-state index is 0.0152.